The molecule has 0 bridgehead atoms. The van der Waals surface area contributed by atoms with E-state index in [0.717, 1.165) is 30.6 Å². The lowest BCUT2D eigenvalue weighted by atomic mass is 9.92. The second kappa shape index (κ2) is 5.74. The molecular weight excluding hydrogens is 236 g/mol. The van der Waals surface area contributed by atoms with Gasteiger partial charge in [0, 0.05) is 24.7 Å². The van der Waals surface area contributed by atoms with Crippen molar-refractivity contribution in [1.82, 2.24) is 5.32 Å². The fourth-order valence-electron chi connectivity index (χ4n) is 2.93. The van der Waals surface area contributed by atoms with Gasteiger partial charge in [0.2, 0.25) is 5.91 Å². The molecule has 1 fully saturated rings. The van der Waals surface area contributed by atoms with E-state index < -0.39 is 0 Å². The Hall–Kier alpha value is -1.35. The van der Waals surface area contributed by atoms with Crippen molar-refractivity contribution >= 4 is 11.6 Å². The van der Waals surface area contributed by atoms with E-state index in [1.807, 2.05) is 18.0 Å². The summed E-state index contributed by atoms with van der Waals surface area (Å²) in [5.74, 6) is 0.405. The first kappa shape index (κ1) is 14.1. The summed E-state index contributed by atoms with van der Waals surface area (Å²) in [4.78, 5) is 14.4. The zero-order chi connectivity index (χ0) is 14.0. The number of carbonyl (C=O) groups is 1. The molecule has 1 aliphatic rings. The van der Waals surface area contributed by atoms with Crippen LogP contribution >= 0.6 is 0 Å². The maximum absolute atomic E-state index is 12.6. The highest BCUT2D eigenvalue weighted by Gasteiger charge is 2.27. The summed E-state index contributed by atoms with van der Waals surface area (Å²) in [6.07, 6.45) is 1.88. The Balaban J connectivity index is 2.14. The molecule has 1 N–H and O–H groups in total. The molecule has 0 spiro atoms. The lowest BCUT2D eigenvalue weighted by Gasteiger charge is -2.31. The van der Waals surface area contributed by atoms with Crippen LogP contribution in [-0.2, 0) is 4.79 Å². The maximum Gasteiger partial charge on any atom is 0.229 e. The zero-order valence-corrected chi connectivity index (χ0v) is 12.4. The van der Waals surface area contributed by atoms with Gasteiger partial charge in [-0.05, 0) is 51.8 Å². The number of anilines is 1. The molecular formula is C16H24N2O. The predicted octanol–water partition coefficient (Wildman–Crippen LogP) is 2.65. The van der Waals surface area contributed by atoms with Crippen molar-refractivity contribution in [2.45, 2.75) is 39.7 Å². The Morgan fingerprint density at radius 2 is 2.11 bits per heavy atom. The normalized spacial score (nSPS) is 23.2. The van der Waals surface area contributed by atoms with Crippen LogP contribution in [0, 0.1) is 19.8 Å². The van der Waals surface area contributed by atoms with Crippen molar-refractivity contribution in [3.63, 3.8) is 0 Å². The Labute approximate surface area is 116 Å². The molecule has 0 radical (unpaired) electrons. The summed E-state index contributed by atoms with van der Waals surface area (Å²) in [6.45, 7) is 7.24. The number of piperidine rings is 1. The monoisotopic (exact) mass is 260 g/mol. The van der Waals surface area contributed by atoms with Gasteiger partial charge in [0.25, 0.3) is 0 Å². The van der Waals surface area contributed by atoms with Gasteiger partial charge in [-0.25, -0.2) is 0 Å². The summed E-state index contributed by atoms with van der Waals surface area (Å²) in [6, 6.07) is 6.68. The molecule has 2 rings (SSSR count). The van der Waals surface area contributed by atoms with Crippen molar-refractivity contribution in [1.29, 1.82) is 0 Å². The molecule has 1 aliphatic heterocycles. The molecule has 2 unspecified atom stereocenters. The summed E-state index contributed by atoms with van der Waals surface area (Å²) in [7, 11) is 1.90. The van der Waals surface area contributed by atoms with Gasteiger partial charge in [0.15, 0.2) is 0 Å². The van der Waals surface area contributed by atoms with E-state index in [1.54, 1.807) is 0 Å². The Morgan fingerprint density at radius 3 is 2.74 bits per heavy atom. The number of carbonyl (C=O) groups excluding carboxylic acids is 1. The summed E-state index contributed by atoms with van der Waals surface area (Å²) in [5, 5.41) is 3.39. The summed E-state index contributed by atoms with van der Waals surface area (Å²) >= 11 is 0. The molecule has 1 amide bonds. The van der Waals surface area contributed by atoms with E-state index in [2.05, 4.69) is 38.2 Å². The molecule has 0 aromatic heterocycles. The molecule has 1 aromatic carbocycles. The van der Waals surface area contributed by atoms with E-state index in [1.165, 1.54) is 5.56 Å². The zero-order valence-electron chi connectivity index (χ0n) is 12.4. The number of amides is 1. The maximum atomic E-state index is 12.6. The molecule has 1 saturated heterocycles. The third-order valence-electron chi connectivity index (χ3n) is 4.02. The second-order valence-electron chi connectivity index (χ2n) is 5.76. The Kier molecular flexibility index (Phi) is 4.25. The minimum absolute atomic E-state index is 0.155. The van der Waals surface area contributed by atoms with Crippen LogP contribution in [0.15, 0.2) is 18.2 Å². The highest BCUT2D eigenvalue weighted by Crippen LogP contribution is 2.25. The number of hydrogen-bond acceptors (Lipinski definition) is 2. The van der Waals surface area contributed by atoms with E-state index in [9.17, 15) is 4.79 Å². The number of hydrogen-bond donors (Lipinski definition) is 1. The minimum Gasteiger partial charge on any atom is -0.315 e. The number of benzene rings is 1. The molecule has 104 valence electrons. The van der Waals surface area contributed by atoms with Crippen molar-refractivity contribution < 1.29 is 4.79 Å². The van der Waals surface area contributed by atoms with E-state index in [0.29, 0.717) is 6.04 Å². The van der Waals surface area contributed by atoms with E-state index in [4.69, 9.17) is 0 Å². The van der Waals surface area contributed by atoms with Crippen LogP contribution in [0.2, 0.25) is 0 Å². The standard InChI is InChI=1S/C16H24N2O/c1-11-5-6-15(12(2)9-11)18(4)16(19)14-7-8-17-13(3)10-14/h5-6,9,13-14,17H,7-8,10H2,1-4H3. The van der Waals surface area contributed by atoms with Crippen LogP contribution in [0.5, 0.6) is 0 Å². The van der Waals surface area contributed by atoms with Gasteiger partial charge in [-0.15, -0.1) is 0 Å². The van der Waals surface area contributed by atoms with Gasteiger partial charge in [-0.1, -0.05) is 17.7 Å². The first-order valence-electron chi connectivity index (χ1n) is 7.07. The number of nitrogens with one attached hydrogen (secondary N) is 1. The molecule has 19 heavy (non-hydrogen) atoms. The molecule has 2 atom stereocenters. The summed E-state index contributed by atoms with van der Waals surface area (Å²) in [5.41, 5.74) is 3.43. The van der Waals surface area contributed by atoms with Crippen molar-refractivity contribution in [3.05, 3.63) is 29.3 Å². The fourth-order valence-corrected chi connectivity index (χ4v) is 2.93. The average Bonchev–Trinajstić information content (AvgIpc) is 2.37. The SMILES string of the molecule is Cc1ccc(N(C)C(=O)C2CCNC(C)C2)c(C)c1. The molecule has 1 aromatic rings. The smallest absolute Gasteiger partial charge is 0.229 e. The molecule has 1 heterocycles. The molecule has 0 aliphatic carbocycles. The van der Waals surface area contributed by atoms with Crippen molar-refractivity contribution in [2.75, 3.05) is 18.5 Å². The lowest BCUT2D eigenvalue weighted by molar-refractivity contribution is -0.123. The summed E-state index contributed by atoms with van der Waals surface area (Å²) < 4.78 is 0. The van der Waals surface area contributed by atoms with Crippen molar-refractivity contribution in [2.24, 2.45) is 5.92 Å². The Morgan fingerprint density at radius 1 is 1.37 bits per heavy atom. The largest absolute Gasteiger partial charge is 0.315 e. The average molecular weight is 260 g/mol. The number of aryl methyl sites for hydroxylation is 2. The van der Waals surface area contributed by atoms with E-state index in [-0.39, 0.29) is 11.8 Å². The van der Waals surface area contributed by atoms with Crippen molar-refractivity contribution in [3.8, 4) is 0 Å². The quantitative estimate of drug-likeness (QED) is 0.886. The predicted molar refractivity (Wildman–Crippen MR) is 79.5 cm³/mol. The van der Waals surface area contributed by atoms with Crippen LogP contribution in [0.4, 0.5) is 5.69 Å². The van der Waals surface area contributed by atoms with Crippen LogP contribution in [-0.4, -0.2) is 25.5 Å². The van der Waals surface area contributed by atoms with Crippen LogP contribution in [0.25, 0.3) is 0 Å². The van der Waals surface area contributed by atoms with Crippen LogP contribution < -0.4 is 10.2 Å². The van der Waals surface area contributed by atoms with Gasteiger partial charge in [0.1, 0.15) is 0 Å². The molecule has 3 nitrogen and oxygen atoms in total. The van der Waals surface area contributed by atoms with Crippen LogP contribution in [0.1, 0.15) is 30.9 Å². The van der Waals surface area contributed by atoms with Gasteiger partial charge in [0.05, 0.1) is 0 Å². The van der Waals surface area contributed by atoms with E-state index >= 15 is 0 Å². The highest BCUT2D eigenvalue weighted by molar-refractivity contribution is 5.95. The highest BCUT2D eigenvalue weighted by atomic mass is 16.2. The molecule has 3 heteroatoms. The van der Waals surface area contributed by atoms with Gasteiger partial charge >= 0.3 is 0 Å². The fraction of sp³-hybridized carbons (Fsp3) is 0.562. The Bertz CT molecular complexity index is 470. The third-order valence-corrected chi connectivity index (χ3v) is 4.02. The van der Waals surface area contributed by atoms with Gasteiger partial charge in [-0.2, -0.15) is 0 Å². The molecule has 0 saturated carbocycles. The first-order valence-corrected chi connectivity index (χ1v) is 7.07. The minimum atomic E-state index is 0.155. The number of rotatable bonds is 2. The van der Waals surface area contributed by atoms with Gasteiger partial charge in [-0.3, -0.25) is 4.79 Å². The second-order valence-corrected chi connectivity index (χ2v) is 5.76. The third kappa shape index (κ3) is 3.16. The van der Waals surface area contributed by atoms with Crippen LogP contribution in [0.3, 0.4) is 0 Å². The lowest BCUT2D eigenvalue weighted by Crippen LogP contribution is -2.43. The topological polar surface area (TPSA) is 32.3 Å². The first-order chi connectivity index (χ1) is 8.99. The van der Waals surface area contributed by atoms with Gasteiger partial charge < -0.3 is 10.2 Å². The number of nitrogens with zero attached hydrogens (tertiary/aromatic N) is 1.